The first-order valence-corrected chi connectivity index (χ1v) is 5.36. The Morgan fingerprint density at radius 2 is 1.89 bits per heavy atom. The SMILES string of the molecule is NC(O)(CCC(=O)OCc1ccccc1)C(=O)O. The van der Waals surface area contributed by atoms with E-state index >= 15 is 0 Å². The predicted octanol–water partition coefficient (Wildman–Crippen LogP) is 0.242. The summed E-state index contributed by atoms with van der Waals surface area (Å²) in [5, 5.41) is 17.7. The van der Waals surface area contributed by atoms with Crippen molar-refractivity contribution in [2.24, 2.45) is 5.73 Å². The standard InChI is InChI=1S/C12H15NO5/c13-12(17,11(15)16)7-6-10(14)18-8-9-4-2-1-3-5-9/h1-5,17H,6-8,13H2,(H,15,16). The lowest BCUT2D eigenvalue weighted by Gasteiger charge is -2.16. The summed E-state index contributed by atoms with van der Waals surface area (Å²) >= 11 is 0. The van der Waals surface area contributed by atoms with Crippen LogP contribution in [0.1, 0.15) is 18.4 Å². The van der Waals surface area contributed by atoms with E-state index in [4.69, 9.17) is 15.6 Å². The summed E-state index contributed by atoms with van der Waals surface area (Å²) in [6.45, 7) is 0.107. The van der Waals surface area contributed by atoms with E-state index in [1.54, 1.807) is 12.1 Å². The smallest absolute Gasteiger partial charge is 0.351 e. The summed E-state index contributed by atoms with van der Waals surface area (Å²) < 4.78 is 4.90. The van der Waals surface area contributed by atoms with Gasteiger partial charge in [-0.15, -0.1) is 0 Å². The zero-order chi connectivity index (χ0) is 13.6. The highest BCUT2D eigenvalue weighted by Gasteiger charge is 2.31. The molecule has 0 spiro atoms. The Morgan fingerprint density at radius 1 is 1.28 bits per heavy atom. The second kappa shape index (κ2) is 6.13. The number of benzene rings is 1. The highest BCUT2D eigenvalue weighted by Crippen LogP contribution is 2.08. The van der Waals surface area contributed by atoms with Gasteiger partial charge in [-0.2, -0.15) is 0 Å². The second-order valence-electron chi connectivity index (χ2n) is 3.88. The second-order valence-corrected chi connectivity index (χ2v) is 3.88. The first-order valence-electron chi connectivity index (χ1n) is 5.36. The molecule has 0 aliphatic heterocycles. The maximum atomic E-state index is 11.3. The van der Waals surface area contributed by atoms with E-state index in [2.05, 4.69) is 0 Å². The number of hydrogen-bond acceptors (Lipinski definition) is 5. The van der Waals surface area contributed by atoms with Crippen molar-refractivity contribution in [1.29, 1.82) is 0 Å². The summed E-state index contributed by atoms with van der Waals surface area (Å²) in [4.78, 5) is 21.8. The minimum atomic E-state index is -2.40. The number of carboxylic acid groups (broad SMARTS) is 1. The summed E-state index contributed by atoms with van der Waals surface area (Å²) in [6.07, 6.45) is -0.651. The van der Waals surface area contributed by atoms with E-state index in [9.17, 15) is 14.7 Å². The van der Waals surface area contributed by atoms with Crippen LogP contribution >= 0.6 is 0 Å². The van der Waals surface area contributed by atoms with Crippen molar-refractivity contribution in [3.05, 3.63) is 35.9 Å². The number of ether oxygens (including phenoxy) is 1. The molecule has 1 aromatic rings. The van der Waals surface area contributed by atoms with Gasteiger partial charge in [0.15, 0.2) is 0 Å². The van der Waals surface area contributed by atoms with E-state index in [0.717, 1.165) is 5.56 Å². The van der Waals surface area contributed by atoms with Crippen molar-refractivity contribution in [2.75, 3.05) is 0 Å². The number of aliphatic hydroxyl groups is 1. The van der Waals surface area contributed by atoms with Gasteiger partial charge in [-0.25, -0.2) is 4.79 Å². The molecule has 0 fully saturated rings. The molecule has 1 unspecified atom stereocenters. The van der Waals surface area contributed by atoms with Crippen molar-refractivity contribution in [3.8, 4) is 0 Å². The minimum absolute atomic E-state index is 0.107. The number of rotatable bonds is 6. The lowest BCUT2D eigenvalue weighted by atomic mass is 10.1. The van der Waals surface area contributed by atoms with Gasteiger partial charge in [0.1, 0.15) is 6.61 Å². The number of aliphatic carboxylic acids is 1. The molecule has 18 heavy (non-hydrogen) atoms. The van der Waals surface area contributed by atoms with Gasteiger partial charge < -0.3 is 14.9 Å². The molecule has 0 aliphatic rings. The fraction of sp³-hybridized carbons (Fsp3) is 0.333. The van der Waals surface area contributed by atoms with Crippen LogP contribution in [0.5, 0.6) is 0 Å². The maximum absolute atomic E-state index is 11.3. The van der Waals surface area contributed by atoms with E-state index in [1.807, 2.05) is 18.2 Å². The van der Waals surface area contributed by atoms with Gasteiger partial charge in [0.2, 0.25) is 5.72 Å². The number of esters is 1. The molecule has 0 bridgehead atoms. The maximum Gasteiger partial charge on any atom is 0.351 e. The first kappa shape index (κ1) is 14.1. The predicted molar refractivity (Wildman–Crippen MR) is 62.2 cm³/mol. The fourth-order valence-corrected chi connectivity index (χ4v) is 1.21. The number of carboxylic acids is 1. The third-order valence-corrected chi connectivity index (χ3v) is 2.32. The fourth-order valence-electron chi connectivity index (χ4n) is 1.21. The zero-order valence-electron chi connectivity index (χ0n) is 9.70. The van der Waals surface area contributed by atoms with Gasteiger partial charge in [0.05, 0.1) is 6.42 Å². The molecule has 0 radical (unpaired) electrons. The lowest BCUT2D eigenvalue weighted by Crippen LogP contribution is -2.48. The third-order valence-electron chi connectivity index (χ3n) is 2.32. The number of hydrogen-bond donors (Lipinski definition) is 3. The molecule has 0 aromatic heterocycles. The molecule has 0 aliphatic carbocycles. The van der Waals surface area contributed by atoms with Crippen molar-refractivity contribution < 1.29 is 24.5 Å². The average Bonchev–Trinajstić information content (AvgIpc) is 2.35. The van der Waals surface area contributed by atoms with Gasteiger partial charge in [-0.3, -0.25) is 10.5 Å². The first-order chi connectivity index (χ1) is 8.42. The summed E-state index contributed by atoms with van der Waals surface area (Å²) in [5.74, 6) is -2.18. The van der Waals surface area contributed by atoms with Crippen LogP contribution < -0.4 is 5.73 Å². The molecule has 1 aromatic carbocycles. The molecule has 4 N–H and O–H groups in total. The molecule has 6 heteroatoms. The Morgan fingerprint density at radius 3 is 2.44 bits per heavy atom. The molecule has 0 heterocycles. The van der Waals surface area contributed by atoms with E-state index in [0.29, 0.717) is 0 Å². The molecule has 0 saturated heterocycles. The van der Waals surface area contributed by atoms with Crippen molar-refractivity contribution in [1.82, 2.24) is 0 Å². The Labute approximate surface area is 104 Å². The van der Waals surface area contributed by atoms with Crippen molar-refractivity contribution >= 4 is 11.9 Å². The van der Waals surface area contributed by atoms with Crippen LogP contribution in [0.4, 0.5) is 0 Å². The highest BCUT2D eigenvalue weighted by atomic mass is 16.5. The van der Waals surface area contributed by atoms with Crippen LogP contribution in [-0.4, -0.2) is 27.9 Å². The average molecular weight is 253 g/mol. The van der Waals surface area contributed by atoms with Crippen LogP contribution in [0.3, 0.4) is 0 Å². The van der Waals surface area contributed by atoms with Crippen LogP contribution in [-0.2, 0) is 20.9 Å². The monoisotopic (exact) mass is 253 g/mol. The largest absolute Gasteiger partial charge is 0.478 e. The van der Waals surface area contributed by atoms with Crippen molar-refractivity contribution in [2.45, 2.75) is 25.2 Å². The van der Waals surface area contributed by atoms with Gasteiger partial charge in [0, 0.05) is 6.42 Å². The summed E-state index contributed by atoms with van der Waals surface area (Å²) in [5.41, 5.74) is 3.49. The van der Waals surface area contributed by atoms with Gasteiger partial charge >= 0.3 is 11.9 Å². The Kier molecular flexibility index (Phi) is 4.82. The van der Waals surface area contributed by atoms with Gasteiger partial charge in [0.25, 0.3) is 0 Å². The Hall–Kier alpha value is -1.92. The summed E-state index contributed by atoms with van der Waals surface area (Å²) in [6, 6.07) is 9.05. The van der Waals surface area contributed by atoms with E-state index < -0.39 is 24.1 Å². The number of carbonyl (C=O) groups excluding carboxylic acids is 1. The molecule has 1 atom stereocenters. The van der Waals surface area contributed by atoms with Crippen molar-refractivity contribution in [3.63, 3.8) is 0 Å². The quantitative estimate of drug-likeness (QED) is 0.495. The van der Waals surface area contributed by atoms with Crippen LogP contribution in [0.15, 0.2) is 30.3 Å². The van der Waals surface area contributed by atoms with E-state index in [-0.39, 0.29) is 13.0 Å². The minimum Gasteiger partial charge on any atom is -0.478 e. The molecule has 1 rings (SSSR count). The van der Waals surface area contributed by atoms with Gasteiger partial charge in [-0.05, 0) is 5.56 Å². The topological polar surface area (TPSA) is 110 Å². The molecule has 0 saturated carbocycles. The normalized spacial score (nSPS) is 13.7. The molecular weight excluding hydrogens is 238 g/mol. The van der Waals surface area contributed by atoms with Crippen LogP contribution in [0.2, 0.25) is 0 Å². The van der Waals surface area contributed by atoms with Crippen LogP contribution in [0.25, 0.3) is 0 Å². The molecule has 6 nitrogen and oxygen atoms in total. The number of nitrogens with two attached hydrogens (primary N) is 1. The lowest BCUT2D eigenvalue weighted by molar-refractivity contribution is -0.160. The molecule has 98 valence electrons. The highest BCUT2D eigenvalue weighted by molar-refractivity contribution is 5.77. The Balaban J connectivity index is 2.33. The number of carbonyl (C=O) groups is 2. The van der Waals surface area contributed by atoms with Crippen LogP contribution in [0, 0.1) is 0 Å². The van der Waals surface area contributed by atoms with E-state index in [1.165, 1.54) is 0 Å². The molecule has 0 amide bonds. The molecular formula is C12H15NO5. The summed E-state index contributed by atoms with van der Waals surface area (Å²) in [7, 11) is 0. The zero-order valence-corrected chi connectivity index (χ0v) is 9.70. The van der Waals surface area contributed by atoms with Gasteiger partial charge in [-0.1, -0.05) is 30.3 Å². The third kappa shape index (κ3) is 4.52. The Bertz CT molecular complexity index is 416.